The zero-order valence-electron chi connectivity index (χ0n) is 11.7. The molecule has 1 fully saturated rings. The Hall–Kier alpha value is -1.33. The highest BCUT2D eigenvalue weighted by Gasteiger charge is 2.22. The lowest BCUT2D eigenvalue weighted by atomic mass is 10.0. The molecule has 3 N–H and O–H groups in total. The minimum Gasteiger partial charge on any atom is -0.466 e. The molecule has 0 bridgehead atoms. The number of nitrogens with zero attached hydrogens (tertiary/aromatic N) is 1. The molecule has 0 radical (unpaired) electrons. The van der Waals surface area contributed by atoms with Gasteiger partial charge < -0.3 is 20.4 Å². The smallest absolute Gasteiger partial charge is 0.255 e. The van der Waals surface area contributed by atoms with Gasteiger partial charge in [0.15, 0.2) is 0 Å². The Labute approximate surface area is 114 Å². The van der Waals surface area contributed by atoms with Crippen LogP contribution in [0.2, 0.25) is 0 Å². The van der Waals surface area contributed by atoms with Gasteiger partial charge in [-0.05, 0) is 32.8 Å². The van der Waals surface area contributed by atoms with E-state index in [-0.39, 0.29) is 11.9 Å². The lowest BCUT2D eigenvalue weighted by Gasteiger charge is -2.31. The molecule has 5 heteroatoms. The Bertz CT molecular complexity index is 434. The molecule has 1 amide bonds. The highest BCUT2D eigenvalue weighted by atomic mass is 16.3. The van der Waals surface area contributed by atoms with Crippen molar-refractivity contribution in [3.05, 3.63) is 23.2 Å². The topological polar surface area (TPSA) is 71.5 Å². The van der Waals surface area contributed by atoms with Gasteiger partial charge in [-0.3, -0.25) is 4.79 Å². The van der Waals surface area contributed by atoms with E-state index in [1.807, 2.05) is 13.8 Å². The Balaban J connectivity index is 1.85. The second-order valence-electron chi connectivity index (χ2n) is 5.20. The molecule has 1 saturated heterocycles. The molecule has 106 valence electrons. The maximum atomic E-state index is 12.1. The van der Waals surface area contributed by atoms with Crippen LogP contribution in [0.3, 0.4) is 0 Å². The quantitative estimate of drug-likeness (QED) is 0.853. The van der Waals surface area contributed by atoms with E-state index < -0.39 is 0 Å². The SMILES string of the molecule is Cc1cc(C(=O)NC2CCN(CCN)CC2)c(C)o1. The van der Waals surface area contributed by atoms with Crippen LogP contribution < -0.4 is 11.1 Å². The van der Waals surface area contributed by atoms with Crippen molar-refractivity contribution in [3.63, 3.8) is 0 Å². The Kier molecular flexibility index (Phi) is 4.61. The van der Waals surface area contributed by atoms with Gasteiger partial charge in [0.05, 0.1) is 5.56 Å². The van der Waals surface area contributed by atoms with Crippen molar-refractivity contribution in [1.29, 1.82) is 0 Å². The molecular formula is C14H23N3O2. The third kappa shape index (κ3) is 3.58. The van der Waals surface area contributed by atoms with Crippen LogP contribution in [0.4, 0.5) is 0 Å². The van der Waals surface area contributed by atoms with Crippen LogP contribution in [-0.4, -0.2) is 43.0 Å². The summed E-state index contributed by atoms with van der Waals surface area (Å²) in [5.41, 5.74) is 6.20. The summed E-state index contributed by atoms with van der Waals surface area (Å²) in [6.07, 6.45) is 1.98. The fourth-order valence-corrected chi connectivity index (χ4v) is 2.60. The van der Waals surface area contributed by atoms with E-state index in [1.54, 1.807) is 6.07 Å². The molecule has 0 atom stereocenters. The molecule has 5 nitrogen and oxygen atoms in total. The Morgan fingerprint density at radius 1 is 1.47 bits per heavy atom. The lowest BCUT2D eigenvalue weighted by Crippen LogP contribution is -2.45. The van der Waals surface area contributed by atoms with Crippen LogP contribution in [0.1, 0.15) is 34.7 Å². The molecule has 1 aliphatic heterocycles. The number of aryl methyl sites for hydroxylation is 2. The van der Waals surface area contributed by atoms with E-state index in [0.29, 0.717) is 17.9 Å². The Morgan fingerprint density at radius 2 is 2.16 bits per heavy atom. The maximum Gasteiger partial charge on any atom is 0.255 e. The van der Waals surface area contributed by atoms with Crippen LogP contribution >= 0.6 is 0 Å². The van der Waals surface area contributed by atoms with Crippen molar-refractivity contribution in [1.82, 2.24) is 10.2 Å². The first-order valence-electron chi connectivity index (χ1n) is 6.90. The molecule has 2 rings (SSSR count). The van der Waals surface area contributed by atoms with Crippen LogP contribution in [-0.2, 0) is 0 Å². The van der Waals surface area contributed by atoms with Crippen molar-refractivity contribution in [2.75, 3.05) is 26.2 Å². The minimum absolute atomic E-state index is 0.0216. The first-order chi connectivity index (χ1) is 9.10. The van der Waals surface area contributed by atoms with E-state index in [1.165, 1.54) is 0 Å². The largest absolute Gasteiger partial charge is 0.466 e. The van der Waals surface area contributed by atoms with Crippen LogP contribution in [0.25, 0.3) is 0 Å². The number of piperidine rings is 1. The molecule has 0 aromatic carbocycles. The first kappa shape index (κ1) is 14.1. The molecule has 0 spiro atoms. The number of furan rings is 1. The van der Waals surface area contributed by atoms with Crippen molar-refractivity contribution in [2.24, 2.45) is 5.73 Å². The normalized spacial score (nSPS) is 17.6. The summed E-state index contributed by atoms with van der Waals surface area (Å²) in [6, 6.07) is 2.06. The highest BCUT2D eigenvalue weighted by molar-refractivity contribution is 5.95. The zero-order chi connectivity index (χ0) is 13.8. The number of carbonyl (C=O) groups excluding carboxylic acids is 1. The monoisotopic (exact) mass is 265 g/mol. The fraction of sp³-hybridized carbons (Fsp3) is 0.643. The van der Waals surface area contributed by atoms with E-state index in [2.05, 4.69) is 10.2 Å². The van der Waals surface area contributed by atoms with E-state index in [9.17, 15) is 4.79 Å². The maximum absolute atomic E-state index is 12.1. The van der Waals surface area contributed by atoms with Crippen LogP contribution in [0.15, 0.2) is 10.5 Å². The summed E-state index contributed by atoms with van der Waals surface area (Å²) in [4.78, 5) is 14.5. The van der Waals surface area contributed by atoms with Gasteiger partial charge in [-0.15, -0.1) is 0 Å². The third-order valence-electron chi connectivity index (χ3n) is 3.65. The number of nitrogens with one attached hydrogen (secondary N) is 1. The van der Waals surface area contributed by atoms with Crippen molar-refractivity contribution < 1.29 is 9.21 Å². The van der Waals surface area contributed by atoms with Gasteiger partial charge in [-0.1, -0.05) is 0 Å². The van der Waals surface area contributed by atoms with Crippen molar-refractivity contribution >= 4 is 5.91 Å². The van der Waals surface area contributed by atoms with E-state index >= 15 is 0 Å². The second kappa shape index (κ2) is 6.21. The van der Waals surface area contributed by atoms with Crippen LogP contribution in [0.5, 0.6) is 0 Å². The highest BCUT2D eigenvalue weighted by Crippen LogP contribution is 2.15. The molecular weight excluding hydrogens is 242 g/mol. The van der Waals surface area contributed by atoms with Gasteiger partial charge in [0.2, 0.25) is 0 Å². The van der Waals surface area contributed by atoms with Gasteiger partial charge in [0, 0.05) is 32.2 Å². The summed E-state index contributed by atoms with van der Waals surface area (Å²) in [5.74, 6) is 1.45. The van der Waals surface area contributed by atoms with E-state index in [0.717, 1.165) is 38.2 Å². The molecule has 0 unspecified atom stereocenters. The van der Waals surface area contributed by atoms with Gasteiger partial charge in [-0.25, -0.2) is 0 Å². The minimum atomic E-state index is -0.0216. The predicted molar refractivity (Wildman–Crippen MR) is 74.2 cm³/mol. The zero-order valence-corrected chi connectivity index (χ0v) is 11.7. The number of rotatable bonds is 4. The van der Waals surface area contributed by atoms with Gasteiger partial charge in [0.25, 0.3) is 5.91 Å². The third-order valence-corrected chi connectivity index (χ3v) is 3.65. The average Bonchev–Trinajstić information content (AvgIpc) is 2.71. The lowest BCUT2D eigenvalue weighted by molar-refractivity contribution is 0.0910. The van der Waals surface area contributed by atoms with E-state index in [4.69, 9.17) is 10.2 Å². The summed E-state index contributed by atoms with van der Waals surface area (Å²) in [6.45, 7) is 7.34. The number of hydrogen-bond acceptors (Lipinski definition) is 4. The number of carbonyl (C=O) groups is 1. The fourth-order valence-electron chi connectivity index (χ4n) is 2.60. The summed E-state index contributed by atoms with van der Waals surface area (Å²) >= 11 is 0. The summed E-state index contributed by atoms with van der Waals surface area (Å²) < 4.78 is 5.39. The second-order valence-corrected chi connectivity index (χ2v) is 5.20. The number of likely N-dealkylation sites (tertiary alicyclic amines) is 1. The number of nitrogens with two attached hydrogens (primary N) is 1. The molecule has 1 aromatic rings. The number of hydrogen-bond donors (Lipinski definition) is 2. The van der Waals surface area contributed by atoms with Gasteiger partial charge >= 0.3 is 0 Å². The summed E-state index contributed by atoms with van der Waals surface area (Å²) in [5, 5.41) is 3.10. The predicted octanol–water partition coefficient (Wildman–Crippen LogP) is 1.05. The molecule has 0 saturated carbocycles. The molecule has 19 heavy (non-hydrogen) atoms. The molecule has 2 heterocycles. The molecule has 1 aromatic heterocycles. The first-order valence-corrected chi connectivity index (χ1v) is 6.90. The van der Waals surface area contributed by atoms with Crippen molar-refractivity contribution in [2.45, 2.75) is 32.7 Å². The van der Waals surface area contributed by atoms with Crippen LogP contribution in [0, 0.1) is 13.8 Å². The van der Waals surface area contributed by atoms with Gasteiger partial charge in [-0.2, -0.15) is 0 Å². The van der Waals surface area contributed by atoms with Gasteiger partial charge in [0.1, 0.15) is 11.5 Å². The standard InChI is InChI=1S/C14H23N3O2/c1-10-9-13(11(2)19-10)14(18)16-12-3-6-17(7-4-12)8-5-15/h9,12H,3-8,15H2,1-2H3,(H,16,18). The number of amides is 1. The summed E-state index contributed by atoms with van der Waals surface area (Å²) in [7, 11) is 0. The Morgan fingerprint density at radius 3 is 2.68 bits per heavy atom. The average molecular weight is 265 g/mol. The van der Waals surface area contributed by atoms with Crippen molar-refractivity contribution in [3.8, 4) is 0 Å². The molecule has 1 aliphatic rings. The molecule has 0 aliphatic carbocycles.